The zero-order valence-corrected chi connectivity index (χ0v) is 17.9. The Morgan fingerprint density at radius 3 is 2.19 bits per heavy atom. The third-order valence-electron chi connectivity index (χ3n) is 4.53. The van der Waals surface area contributed by atoms with Crippen LogP contribution < -0.4 is 10.1 Å². The van der Waals surface area contributed by atoms with Gasteiger partial charge in [0.2, 0.25) is 0 Å². The van der Waals surface area contributed by atoms with Crippen LogP contribution in [-0.4, -0.2) is 41.8 Å². The Balaban J connectivity index is 2.16. The van der Waals surface area contributed by atoms with Crippen molar-refractivity contribution in [2.75, 3.05) is 20.5 Å². The monoisotopic (exact) mass is 457 g/mol. The second kappa shape index (κ2) is 10.4. The molecule has 0 saturated carbocycles. The fraction of sp³-hybridized carbons (Fsp3) is 0.333. The summed E-state index contributed by atoms with van der Waals surface area (Å²) in [5.74, 6) is -0.850. The van der Waals surface area contributed by atoms with Crippen LogP contribution in [-0.2, 0) is 39.5 Å². The quantitative estimate of drug-likeness (QED) is 0.616. The van der Waals surface area contributed by atoms with Crippen LogP contribution in [0.1, 0.15) is 27.0 Å². The van der Waals surface area contributed by atoms with E-state index in [1.54, 1.807) is 12.1 Å². The Hall–Kier alpha value is -2.88. The number of amides is 1. The zero-order valence-electron chi connectivity index (χ0n) is 17.1. The minimum atomic E-state index is -4.43. The van der Waals surface area contributed by atoms with Gasteiger partial charge >= 0.3 is 12.1 Å². The van der Waals surface area contributed by atoms with Crippen LogP contribution >= 0.6 is 0 Å². The third-order valence-corrected chi connectivity index (χ3v) is 5.69. The average Bonchev–Trinajstić information content (AvgIpc) is 2.74. The van der Waals surface area contributed by atoms with Crippen LogP contribution in [0, 0.1) is 0 Å². The molecule has 0 fully saturated rings. The summed E-state index contributed by atoms with van der Waals surface area (Å²) in [7, 11) is 1.11. The number of benzene rings is 2. The number of hydrogen-bond donors (Lipinski definition) is 1. The van der Waals surface area contributed by atoms with E-state index in [4.69, 9.17) is 4.74 Å². The minimum Gasteiger partial charge on any atom is -0.496 e. The van der Waals surface area contributed by atoms with Crippen molar-refractivity contribution in [3.63, 3.8) is 0 Å². The van der Waals surface area contributed by atoms with E-state index in [-0.39, 0.29) is 24.3 Å². The minimum absolute atomic E-state index is 0.00805. The molecule has 2 rings (SSSR count). The molecular weight excluding hydrogens is 435 g/mol. The molecule has 0 aliphatic rings. The summed E-state index contributed by atoms with van der Waals surface area (Å²) in [5, 5.41) is 1.75. The van der Waals surface area contributed by atoms with Gasteiger partial charge in [-0.15, -0.1) is 0 Å². The van der Waals surface area contributed by atoms with E-state index in [2.05, 4.69) is 10.1 Å². The lowest BCUT2D eigenvalue weighted by Gasteiger charge is -2.15. The van der Waals surface area contributed by atoms with Gasteiger partial charge in [0.15, 0.2) is 0 Å². The molecule has 1 N–H and O–H groups in total. The molecule has 0 saturated heterocycles. The largest absolute Gasteiger partial charge is 0.496 e. The lowest BCUT2D eigenvalue weighted by Crippen LogP contribution is -2.29. The average molecular weight is 457 g/mol. The molecule has 0 spiro atoms. The van der Waals surface area contributed by atoms with E-state index < -0.39 is 39.7 Å². The molecule has 0 radical (unpaired) electrons. The summed E-state index contributed by atoms with van der Waals surface area (Å²) < 4.78 is 59.7. The van der Waals surface area contributed by atoms with Crippen LogP contribution in [0.5, 0.6) is 5.75 Å². The predicted molar refractivity (Wildman–Crippen MR) is 109 cm³/mol. The highest BCUT2D eigenvalue weighted by Gasteiger charge is 2.30. The van der Waals surface area contributed by atoms with Crippen LogP contribution in [0.2, 0.25) is 0 Å². The van der Waals surface area contributed by atoms with Crippen molar-refractivity contribution < 1.29 is 36.4 Å². The van der Waals surface area contributed by atoms with Gasteiger partial charge in [-0.1, -0.05) is 18.2 Å². The molecule has 2 aromatic rings. The highest BCUT2D eigenvalue weighted by molar-refractivity contribution is 7.85. The summed E-state index contributed by atoms with van der Waals surface area (Å²) in [6.45, 7) is 0.00805. The molecule has 31 heavy (non-hydrogen) atoms. The van der Waals surface area contributed by atoms with E-state index >= 15 is 0 Å². The molecule has 6 nitrogen and oxygen atoms in total. The summed E-state index contributed by atoms with van der Waals surface area (Å²) in [4.78, 5) is 24.5. The maximum Gasteiger partial charge on any atom is 0.416 e. The maximum absolute atomic E-state index is 12.7. The topological polar surface area (TPSA) is 81.7 Å². The third kappa shape index (κ3) is 6.55. The molecule has 0 aromatic heterocycles. The standard InChI is InChI=1S/C21H22F3NO5S/c1-29-17-9-6-14(11-18(31(3)28)20(27)30-2)10-16(17)19(26)25-12-13-4-7-15(8-5-13)21(22,23)24/h4-10,18H,11-12H2,1-3H3,(H,25,26). The lowest BCUT2D eigenvalue weighted by molar-refractivity contribution is -0.140. The first-order valence-corrected chi connectivity index (χ1v) is 10.7. The number of rotatable bonds is 8. The Labute approximate surface area is 180 Å². The highest BCUT2D eigenvalue weighted by Crippen LogP contribution is 2.29. The fourth-order valence-corrected chi connectivity index (χ4v) is 3.62. The Bertz CT molecular complexity index is 960. The summed E-state index contributed by atoms with van der Waals surface area (Å²) >= 11 is 0. The van der Waals surface area contributed by atoms with Crippen molar-refractivity contribution in [1.82, 2.24) is 5.32 Å². The first kappa shape index (κ1) is 24.4. The number of alkyl halides is 3. The zero-order chi connectivity index (χ0) is 23.2. The van der Waals surface area contributed by atoms with Crippen LogP contribution in [0.3, 0.4) is 0 Å². The van der Waals surface area contributed by atoms with Crippen molar-refractivity contribution in [3.8, 4) is 5.75 Å². The normalized spacial score (nSPS) is 13.2. The van der Waals surface area contributed by atoms with Gasteiger partial charge in [-0.3, -0.25) is 13.8 Å². The first-order chi connectivity index (χ1) is 14.6. The molecule has 0 heterocycles. The number of nitrogens with one attached hydrogen (secondary N) is 1. The number of esters is 1. The molecule has 168 valence electrons. The summed E-state index contributed by atoms with van der Waals surface area (Å²) in [6, 6.07) is 9.18. The van der Waals surface area contributed by atoms with E-state index in [0.717, 1.165) is 12.1 Å². The van der Waals surface area contributed by atoms with Crippen molar-refractivity contribution in [3.05, 3.63) is 64.7 Å². The van der Waals surface area contributed by atoms with Crippen LogP contribution in [0.25, 0.3) is 0 Å². The van der Waals surface area contributed by atoms with Gasteiger partial charge in [-0.2, -0.15) is 13.2 Å². The van der Waals surface area contributed by atoms with Crippen molar-refractivity contribution in [2.24, 2.45) is 0 Å². The number of halogens is 3. The van der Waals surface area contributed by atoms with Crippen LogP contribution in [0.15, 0.2) is 42.5 Å². The fourth-order valence-electron chi connectivity index (χ4n) is 2.83. The van der Waals surface area contributed by atoms with E-state index in [0.29, 0.717) is 11.1 Å². The SMILES string of the molecule is COC(=O)C(Cc1ccc(OC)c(C(=O)NCc2ccc(C(F)(F)F)cc2)c1)S(C)=O. The second-order valence-corrected chi connectivity index (χ2v) is 8.19. The van der Waals surface area contributed by atoms with Crippen LogP contribution in [0.4, 0.5) is 13.2 Å². The van der Waals surface area contributed by atoms with Gasteiger partial charge < -0.3 is 14.8 Å². The molecule has 2 unspecified atom stereocenters. The predicted octanol–water partition coefficient (Wildman–Crippen LogP) is 3.11. The van der Waals surface area contributed by atoms with Crippen molar-refractivity contribution in [2.45, 2.75) is 24.4 Å². The molecule has 0 aliphatic carbocycles. The second-order valence-electron chi connectivity index (χ2n) is 6.63. The highest BCUT2D eigenvalue weighted by atomic mass is 32.2. The maximum atomic E-state index is 12.7. The van der Waals surface area contributed by atoms with Crippen molar-refractivity contribution in [1.29, 1.82) is 0 Å². The van der Waals surface area contributed by atoms with E-state index in [1.165, 1.54) is 38.7 Å². The Morgan fingerprint density at radius 1 is 1.06 bits per heavy atom. The number of carbonyl (C=O) groups excluding carboxylic acids is 2. The van der Waals surface area contributed by atoms with Gasteiger partial charge in [0.05, 0.1) is 25.3 Å². The first-order valence-electron chi connectivity index (χ1n) is 9.08. The van der Waals surface area contributed by atoms with Gasteiger partial charge in [0, 0.05) is 23.6 Å². The Morgan fingerprint density at radius 2 is 1.68 bits per heavy atom. The van der Waals surface area contributed by atoms with Crippen molar-refractivity contribution >= 4 is 22.7 Å². The molecular formula is C21H22F3NO5S. The molecule has 0 aliphatic heterocycles. The van der Waals surface area contributed by atoms with E-state index in [9.17, 15) is 27.0 Å². The summed E-state index contributed by atoms with van der Waals surface area (Å²) in [6.07, 6.45) is -2.94. The number of ether oxygens (including phenoxy) is 2. The number of carbonyl (C=O) groups is 2. The van der Waals surface area contributed by atoms with Gasteiger partial charge in [0.1, 0.15) is 11.0 Å². The lowest BCUT2D eigenvalue weighted by atomic mass is 10.0. The van der Waals surface area contributed by atoms with Gasteiger partial charge in [0.25, 0.3) is 5.91 Å². The molecule has 2 aromatic carbocycles. The van der Waals surface area contributed by atoms with Gasteiger partial charge in [-0.05, 0) is 41.8 Å². The van der Waals surface area contributed by atoms with E-state index in [1.807, 2.05) is 0 Å². The van der Waals surface area contributed by atoms with Gasteiger partial charge in [-0.25, -0.2) is 0 Å². The molecule has 0 bridgehead atoms. The number of hydrogen-bond acceptors (Lipinski definition) is 5. The Kier molecular flexibility index (Phi) is 8.21. The smallest absolute Gasteiger partial charge is 0.416 e. The summed E-state index contributed by atoms with van der Waals surface area (Å²) in [5.41, 5.74) is 0.470. The molecule has 2 atom stereocenters. The molecule has 10 heteroatoms. The molecule has 1 amide bonds. The number of methoxy groups -OCH3 is 2.